The molecule has 0 atom stereocenters. The number of amides is 3. The molecule has 3 amide bonds. The number of hydrogen-bond acceptors (Lipinski definition) is 5. The molecule has 1 saturated heterocycles. The van der Waals surface area contributed by atoms with Gasteiger partial charge in [-0.1, -0.05) is 6.07 Å². The van der Waals surface area contributed by atoms with Crippen LogP contribution in [0.15, 0.2) is 47.2 Å². The number of carbonyl (C=O) groups is 3. The summed E-state index contributed by atoms with van der Waals surface area (Å²) in [6.07, 6.45) is 3.11. The van der Waals surface area contributed by atoms with Crippen molar-refractivity contribution in [2.75, 3.05) is 26.2 Å². The molecule has 8 nitrogen and oxygen atoms in total. The number of rotatable bonds is 5. The summed E-state index contributed by atoms with van der Waals surface area (Å²) in [6, 6.07) is 8.74. The van der Waals surface area contributed by atoms with Gasteiger partial charge in [0.15, 0.2) is 5.76 Å². The summed E-state index contributed by atoms with van der Waals surface area (Å²) in [4.78, 5) is 45.3. The molecule has 8 heteroatoms. The lowest BCUT2D eigenvalue weighted by Crippen LogP contribution is -2.56. The lowest BCUT2D eigenvalue weighted by atomic mass is 9.90. The average Bonchev–Trinajstić information content (AvgIpc) is 3.26. The molecule has 0 radical (unpaired) electrons. The summed E-state index contributed by atoms with van der Waals surface area (Å²) in [6.45, 7) is 5.05. The van der Waals surface area contributed by atoms with E-state index in [0.29, 0.717) is 26.2 Å². The van der Waals surface area contributed by atoms with E-state index in [1.807, 2.05) is 12.1 Å². The van der Waals surface area contributed by atoms with Crippen molar-refractivity contribution >= 4 is 17.7 Å². The van der Waals surface area contributed by atoms with E-state index in [1.165, 1.54) is 6.26 Å². The highest BCUT2D eigenvalue weighted by Gasteiger charge is 2.40. The SMILES string of the molecule is CC(C)(C(=O)NCc1ccccn1)C(=O)N1CCN(C(=O)c2ccco2)CC1. The number of furan rings is 1. The first-order valence-corrected chi connectivity index (χ1v) is 9.20. The fourth-order valence-electron chi connectivity index (χ4n) is 3.06. The monoisotopic (exact) mass is 384 g/mol. The highest BCUT2D eigenvalue weighted by Crippen LogP contribution is 2.21. The third kappa shape index (κ3) is 4.21. The van der Waals surface area contributed by atoms with Crippen molar-refractivity contribution < 1.29 is 18.8 Å². The van der Waals surface area contributed by atoms with Crippen LogP contribution in [0.3, 0.4) is 0 Å². The van der Waals surface area contributed by atoms with Gasteiger partial charge < -0.3 is 19.5 Å². The zero-order chi connectivity index (χ0) is 20.1. The van der Waals surface area contributed by atoms with Crippen LogP contribution < -0.4 is 5.32 Å². The smallest absolute Gasteiger partial charge is 0.289 e. The van der Waals surface area contributed by atoms with Gasteiger partial charge >= 0.3 is 0 Å². The van der Waals surface area contributed by atoms with Crippen molar-refractivity contribution in [3.8, 4) is 0 Å². The Morgan fingerprint density at radius 2 is 1.79 bits per heavy atom. The minimum absolute atomic E-state index is 0.190. The second-order valence-electron chi connectivity index (χ2n) is 7.19. The van der Waals surface area contributed by atoms with Crippen molar-refractivity contribution in [2.45, 2.75) is 20.4 Å². The van der Waals surface area contributed by atoms with Crippen LogP contribution in [0.25, 0.3) is 0 Å². The Hall–Kier alpha value is -3.16. The van der Waals surface area contributed by atoms with E-state index in [2.05, 4.69) is 10.3 Å². The number of hydrogen-bond donors (Lipinski definition) is 1. The Labute approximate surface area is 163 Å². The van der Waals surface area contributed by atoms with Crippen LogP contribution in [-0.4, -0.2) is 58.7 Å². The molecule has 0 aliphatic carbocycles. The van der Waals surface area contributed by atoms with Gasteiger partial charge in [0.25, 0.3) is 5.91 Å². The summed E-state index contributed by atoms with van der Waals surface area (Å²) >= 11 is 0. The first-order chi connectivity index (χ1) is 13.4. The summed E-state index contributed by atoms with van der Waals surface area (Å²) in [5.74, 6) is -0.508. The van der Waals surface area contributed by atoms with Gasteiger partial charge in [0.1, 0.15) is 5.41 Å². The number of pyridine rings is 1. The molecule has 1 fully saturated rings. The van der Waals surface area contributed by atoms with Gasteiger partial charge in [-0.15, -0.1) is 0 Å². The molecule has 0 saturated carbocycles. The van der Waals surface area contributed by atoms with Gasteiger partial charge in [-0.2, -0.15) is 0 Å². The summed E-state index contributed by atoms with van der Waals surface area (Å²) < 4.78 is 5.14. The van der Waals surface area contributed by atoms with Gasteiger partial charge in [-0.3, -0.25) is 19.4 Å². The number of piperazine rings is 1. The first kappa shape index (κ1) is 19.6. The standard InChI is InChI=1S/C20H24N4O4/c1-20(2,18(26)22-14-15-6-3-4-8-21-15)19(27)24-11-9-23(10-12-24)17(25)16-7-5-13-28-16/h3-8,13H,9-12,14H2,1-2H3,(H,22,26). The van der Waals surface area contributed by atoms with E-state index in [1.54, 1.807) is 48.0 Å². The molecule has 0 unspecified atom stereocenters. The predicted octanol–water partition coefficient (Wildman–Crippen LogP) is 1.30. The molecule has 3 heterocycles. The topological polar surface area (TPSA) is 95.8 Å². The maximum absolute atomic E-state index is 12.9. The molecule has 0 bridgehead atoms. The number of nitrogens with one attached hydrogen (secondary N) is 1. The molecule has 1 aliphatic heterocycles. The van der Waals surface area contributed by atoms with E-state index in [-0.39, 0.29) is 30.0 Å². The molecule has 1 N–H and O–H groups in total. The van der Waals surface area contributed by atoms with Crippen LogP contribution >= 0.6 is 0 Å². The molecule has 2 aromatic heterocycles. The largest absolute Gasteiger partial charge is 0.459 e. The molecule has 0 aromatic carbocycles. The van der Waals surface area contributed by atoms with Gasteiger partial charge in [0, 0.05) is 32.4 Å². The fourth-order valence-corrected chi connectivity index (χ4v) is 3.06. The number of nitrogens with zero attached hydrogens (tertiary/aromatic N) is 3. The van der Waals surface area contributed by atoms with Crippen molar-refractivity contribution in [1.82, 2.24) is 20.1 Å². The second-order valence-corrected chi connectivity index (χ2v) is 7.19. The molecule has 2 aromatic rings. The third-order valence-corrected chi connectivity index (χ3v) is 4.84. The van der Waals surface area contributed by atoms with E-state index in [4.69, 9.17) is 4.42 Å². The first-order valence-electron chi connectivity index (χ1n) is 9.20. The molecular weight excluding hydrogens is 360 g/mol. The highest BCUT2D eigenvalue weighted by molar-refractivity contribution is 6.04. The van der Waals surface area contributed by atoms with Crippen LogP contribution in [0, 0.1) is 5.41 Å². The normalized spacial score (nSPS) is 14.6. The number of carbonyl (C=O) groups excluding carboxylic acids is 3. The predicted molar refractivity (Wildman–Crippen MR) is 101 cm³/mol. The van der Waals surface area contributed by atoms with Gasteiger partial charge in [0.05, 0.1) is 18.5 Å². The van der Waals surface area contributed by atoms with E-state index in [9.17, 15) is 14.4 Å². The molecular formula is C20H24N4O4. The van der Waals surface area contributed by atoms with Crippen LogP contribution in [0.4, 0.5) is 0 Å². The van der Waals surface area contributed by atoms with Crippen LogP contribution in [-0.2, 0) is 16.1 Å². The summed E-state index contributed by atoms with van der Waals surface area (Å²) in [5.41, 5.74) is -0.480. The number of aromatic nitrogens is 1. The lowest BCUT2D eigenvalue weighted by Gasteiger charge is -2.37. The van der Waals surface area contributed by atoms with E-state index in [0.717, 1.165) is 5.69 Å². The Bertz CT molecular complexity index is 825. The Morgan fingerprint density at radius 1 is 1.07 bits per heavy atom. The van der Waals surface area contributed by atoms with Crippen molar-refractivity contribution in [3.05, 3.63) is 54.2 Å². The molecule has 1 aliphatic rings. The van der Waals surface area contributed by atoms with Gasteiger partial charge in [-0.25, -0.2) is 0 Å². The molecule has 0 spiro atoms. The Kier molecular flexibility index (Phi) is 5.77. The van der Waals surface area contributed by atoms with E-state index >= 15 is 0 Å². The highest BCUT2D eigenvalue weighted by atomic mass is 16.3. The average molecular weight is 384 g/mol. The lowest BCUT2D eigenvalue weighted by molar-refractivity contribution is -0.149. The summed E-state index contributed by atoms with van der Waals surface area (Å²) in [7, 11) is 0. The minimum atomic E-state index is -1.21. The fraction of sp³-hybridized carbons (Fsp3) is 0.400. The van der Waals surface area contributed by atoms with Crippen molar-refractivity contribution in [2.24, 2.45) is 5.41 Å². The molecule has 28 heavy (non-hydrogen) atoms. The summed E-state index contributed by atoms with van der Waals surface area (Å²) in [5, 5.41) is 2.78. The molecule has 148 valence electrons. The third-order valence-electron chi connectivity index (χ3n) is 4.84. The Balaban J connectivity index is 1.54. The Morgan fingerprint density at radius 3 is 2.39 bits per heavy atom. The zero-order valence-electron chi connectivity index (χ0n) is 16.1. The zero-order valence-corrected chi connectivity index (χ0v) is 16.1. The van der Waals surface area contributed by atoms with Gasteiger partial charge in [0.2, 0.25) is 11.8 Å². The van der Waals surface area contributed by atoms with Crippen LogP contribution in [0.1, 0.15) is 30.1 Å². The molecule has 3 rings (SSSR count). The van der Waals surface area contributed by atoms with Crippen LogP contribution in [0.2, 0.25) is 0 Å². The van der Waals surface area contributed by atoms with Crippen LogP contribution in [0.5, 0.6) is 0 Å². The quantitative estimate of drug-likeness (QED) is 0.784. The maximum Gasteiger partial charge on any atom is 0.289 e. The van der Waals surface area contributed by atoms with Gasteiger partial charge in [-0.05, 0) is 38.1 Å². The minimum Gasteiger partial charge on any atom is -0.459 e. The van der Waals surface area contributed by atoms with Crippen molar-refractivity contribution in [3.63, 3.8) is 0 Å². The maximum atomic E-state index is 12.9. The van der Waals surface area contributed by atoms with E-state index < -0.39 is 5.41 Å². The second kappa shape index (κ2) is 8.24. The van der Waals surface area contributed by atoms with Crippen molar-refractivity contribution in [1.29, 1.82) is 0 Å².